The number of benzene rings is 2. The van der Waals surface area contributed by atoms with E-state index in [0.717, 1.165) is 40.2 Å². The minimum absolute atomic E-state index is 0.352. The first-order valence-electron chi connectivity index (χ1n) is 7.42. The first-order valence-corrected chi connectivity index (χ1v) is 8.59. The van der Waals surface area contributed by atoms with Gasteiger partial charge in [-0.1, -0.05) is 39.7 Å². The summed E-state index contributed by atoms with van der Waals surface area (Å²) < 4.78 is 6.89. The van der Waals surface area contributed by atoms with Gasteiger partial charge in [-0.15, -0.1) is 0 Å². The summed E-state index contributed by atoms with van der Waals surface area (Å²) in [4.78, 5) is 4.57. The molecule has 0 fully saturated rings. The smallest absolute Gasteiger partial charge is 0.144 e. The third-order valence-electron chi connectivity index (χ3n) is 3.73. The molecule has 1 aliphatic heterocycles. The Kier molecular flexibility index (Phi) is 5.16. The van der Waals surface area contributed by atoms with Gasteiger partial charge in [0.2, 0.25) is 0 Å². The highest BCUT2D eigenvalue weighted by molar-refractivity contribution is 9.10. The number of nitrogens with zero attached hydrogens (tertiary/aromatic N) is 1. The van der Waals surface area contributed by atoms with Crippen molar-refractivity contribution in [3.8, 4) is 5.75 Å². The molecule has 1 heterocycles. The molecule has 0 radical (unpaired) electrons. The summed E-state index contributed by atoms with van der Waals surface area (Å²) >= 11 is 9.48. The molecule has 0 saturated carbocycles. The average Bonchev–Trinajstić information content (AvgIpc) is 2.70. The van der Waals surface area contributed by atoms with Crippen LogP contribution in [0.25, 0.3) is 0 Å². The topological polar surface area (TPSA) is 21.6 Å². The van der Waals surface area contributed by atoms with E-state index in [0.29, 0.717) is 12.5 Å². The largest absolute Gasteiger partial charge is 0.491 e. The summed E-state index contributed by atoms with van der Waals surface area (Å²) in [5.41, 5.74) is 2.18. The van der Waals surface area contributed by atoms with Crippen LogP contribution in [0.1, 0.15) is 18.4 Å². The molecule has 0 aromatic heterocycles. The average molecular weight is 379 g/mol. The van der Waals surface area contributed by atoms with Gasteiger partial charge in [-0.2, -0.15) is 0 Å². The molecular weight excluding hydrogens is 362 g/mol. The zero-order chi connectivity index (χ0) is 15.4. The van der Waals surface area contributed by atoms with Crippen LogP contribution in [-0.2, 0) is 6.42 Å². The van der Waals surface area contributed by atoms with Gasteiger partial charge in [-0.3, -0.25) is 4.99 Å². The van der Waals surface area contributed by atoms with Crippen molar-refractivity contribution < 1.29 is 4.74 Å². The highest BCUT2D eigenvalue weighted by Gasteiger charge is 2.13. The Morgan fingerprint density at radius 3 is 3.00 bits per heavy atom. The predicted molar refractivity (Wildman–Crippen MR) is 95.7 cm³/mol. The van der Waals surface area contributed by atoms with E-state index in [2.05, 4.69) is 27.0 Å². The van der Waals surface area contributed by atoms with Crippen LogP contribution in [-0.4, -0.2) is 12.8 Å². The van der Waals surface area contributed by atoms with E-state index in [4.69, 9.17) is 16.3 Å². The number of hydrogen-bond donors (Lipinski definition) is 0. The fourth-order valence-corrected chi connectivity index (χ4v) is 3.12. The lowest BCUT2D eigenvalue weighted by Gasteiger charge is -2.11. The number of hydrogen-bond acceptors (Lipinski definition) is 2. The molecule has 1 aliphatic rings. The molecule has 0 spiro atoms. The van der Waals surface area contributed by atoms with Crippen molar-refractivity contribution in [2.75, 3.05) is 6.61 Å². The molecule has 2 aromatic rings. The van der Waals surface area contributed by atoms with Crippen LogP contribution in [0.15, 0.2) is 51.9 Å². The van der Waals surface area contributed by atoms with E-state index in [1.807, 2.05) is 42.6 Å². The Morgan fingerprint density at radius 2 is 2.14 bits per heavy atom. The number of aliphatic imine (C=N–C) groups is 1. The molecule has 0 N–H and O–H groups in total. The lowest BCUT2D eigenvalue weighted by Crippen LogP contribution is -2.12. The third kappa shape index (κ3) is 4.11. The van der Waals surface area contributed by atoms with E-state index in [-0.39, 0.29) is 0 Å². The maximum absolute atomic E-state index is 6.01. The lowest BCUT2D eigenvalue weighted by molar-refractivity contribution is 0.282. The normalized spacial score (nSPS) is 16.7. The fourth-order valence-electron chi connectivity index (χ4n) is 2.56. The van der Waals surface area contributed by atoms with Crippen molar-refractivity contribution in [1.82, 2.24) is 0 Å². The second kappa shape index (κ2) is 7.30. The van der Waals surface area contributed by atoms with Crippen LogP contribution in [0.5, 0.6) is 5.75 Å². The minimum atomic E-state index is 0.352. The molecule has 3 rings (SSSR count). The molecule has 0 amide bonds. The van der Waals surface area contributed by atoms with Crippen LogP contribution in [0.4, 0.5) is 5.69 Å². The SMILES string of the molecule is Clc1cccc(CCCC2C=Nc3cc(Br)ccc3OC2)c1. The van der Waals surface area contributed by atoms with Gasteiger partial charge in [0.1, 0.15) is 11.4 Å². The molecule has 1 unspecified atom stereocenters. The summed E-state index contributed by atoms with van der Waals surface area (Å²) in [5, 5.41) is 0.804. The molecule has 0 aliphatic carbocycles. The van der Waals surface area contributed by atoms with Crippen LogP contribution >= 0.6 is 27.5 Å². The molecule has 2 aromatic carbocycles. The van der Waals surface area contributed by atoms with Gasteiger partial charge in [0, 0.05) is 21.6 Å². The van der Waals surface area contributed by atoms with Gasteiger partial charge in [0.25, 0.3) is 0 Å². The van der Waals surface area contributed by atoms with Crippen molar-refractivity contribution in [2.24, 2.45) is 10.9 Å². The highest BCUT2D eigenvalue weighted by atomic mass is 79.9. The van der Waals surface area contributed by atoms with E-state index >= 15 is 0 Å². The van der Waals surface area contributed by atoms with Crippen molar-refractivity contribution in [2.45, 2.75) is 19.3 Å². The summed E-state index contributed by atoms with van der Waals surface area (Å²) in [6.07, 6.45) is 5.21. The van der Waals surface area contributed by atoms with Gasteiger partial charge in [-0.05, 0) is 55.2 Å². The Bertz CT molecular complexity index is 687. The van der Waals surface area contributed by atoms with E-state index < -0.39 is 0 Å². The number of fused-ring (bicyclic) bond motifs is 1. The van der Waals surface area contributed by atoms with E-state index in [1.165, 1.54) is 5.56 Å². The monoisotopic (exact) mass is 377 g/mol. The number of ether oxygens (including phenoxy) is 1. The summed E-state index contributed by atoms with van der Waals surface area (Å²) in [6, 6.07) is 14.0. The molecule has 114 valence electrons. The highest BCUT2D eigenvalue weighted by Crippen LogP contribution is 2.33. The summed E-state index contributed by atoms with van der Waals surface area (Å²) in [7, 11) is 0. The summed E-state index contributed by atoms with van der Waals surface area (Å²) in [5.74, 6) is 1.21. The van der Waals surface area contributed by atoms with E-state index in [9.17, 15) is 0 Å². The van der Waals surface area contributed by atoms with Gasteiger partial charge in [0.05, 0.1) is 6.61 Å². The predicted octanol–water partition coefficient (Wildman–Crippen LogP) is 5.84. The molecule has 0 saturated heterocycles. The van der Waals surface area contributed by atoms with E-state index in [1.54, 1.807) is 0 Å². The summed E-state index contributed by atoms with van der Waals surface area (Å²) in [6.45, 7) is 0.688. The van der Waals surface area contributed by atoms with Crippen LogP contribution in [0.3, 0.4) is 0 Å². The lowest BCUT2D eigenvalue weighted by atomic mass is 10.0. The van der Waals surface area contributed by atoms with Crippen molar-refractivity contribution in [3.63, 3.8) is 0 Å². The standard InChI is InChI=1S/C18H17BrClNO/c19-15-7-8-18-17(10-15)21-11-14(12-22-18)5-1-3-13-4-2-6-16(20)9-13/h2,4,6-11,14H,1,3,5,12H2. The van der Waals surface area contributed by atoms with Crippen LogP contribution in [0, 0.1) is 5.92 Å². The fraction of sp³-hybridized carbons (Fsp3) is 0.278. The maximum atomic E-state index is 6.01. The first-order chi connectivity index (χ1) is 10.7. The molecule has 2 nitrogen and oxygen atoms in total. The zero-order valence-corrected chi connectivity index (χ0v) is 14.5. The van der Waals surface area contributed by atoms with Gasteiger partial charge in [-0.25, -0.2) is 0 Å². The Morgan fingerprint density at radius 1 is 1.23 bits per heavy atom. The molecule has 0 bridgehead atoms. The van der Waals surface area contributed by atoms with Crippen molar-refractivity contribution >= 4 is 39.4 Å². The Hall–Kier alpha value is -1.32. The van der Waals surface area contributed by atoms with Crippen molar-refractivity contribution in [3.05, 3.63) is 57.5 Å². The minimum Gasteiger partial charge on any atom is -0.491 e. The Balaban J connectivity index is 1.55. The maximum Gasteiger partial charge on any atom is 0.144 e. The second-order valence-corrected chi connectivity index (χ2v) is 6.84. The van der Waals surface area contributed by atoms with Crippen molar-refractivity contribution in [1.29, 1.82) is 0 Å². The van der Waals surface area contributed by atoms with Gasteiger partial charge < -0.3 is 4.74 Å². The Labute approximate surface area is 144 Å². The molecule has 4 heteroatoms. The molecule has 22 heavy (non-hydrogen) atoms. The quantitative estimate of drug-likeness (QED) is 0.655. The molecular formula is C18H17BrClNO. The van der Waals surface area contributed by atoms with Gasteiger partial charge >= 0.3 is 0 Å². The van der Waals surface area contributed by atoms with Gasteiger partial charge in [0.15, 0.2) is 0 Å². The zero-order valence-electron chi connectivity index (χ0n) is 12.1. The number of halogens is 2. The second-order valence-electron chi connectivity index (χ2n) is 5.48. The molecule has 1 atom stereocenters. The van der Waals surface area contributed by atoms with Crippen LogP contribution in [0.2, 0.25) is 5.02 Å². The third-order valence-corrected chi connectivity index (χ3v) is 4.46. The number of aryl methyl sites for hydroxylation is 1. The van der Waals surface area contributed by atoms with Crippen LogP contribution < -0.4 is 4.74 Å². The number of rotatable bonds is 4. The first kappa shape index (κ1) is 15.6.